The highest BCUT2D eigenvalue weighted by Crippen LogP contribution is 2.22. The molecule has 1 N–H and O–H groups in total. The molecule has 0 heterocycles. The highest BCUT2D eigenvalue weighted by Gasteiger charge is 2.33. The number of amides is 2. The number of hydrogen-bond acceptors (Lipinski definition) is 4. The van der Waals surface area contributed by atoms with Crippen LogP contribution in [0.4, 0.5) is 5.69 Å². The van der Waals surface area contributed by atoms with Crippen molar-refractivity contribution in [1.29, 1.82) is 0 Å². The molecule has 0 bridgehead atoms. The summed E-state index contributed by atoms with van der Waals surface area (Å²) in [5.41, 5.74) is 1.78. The van der Waals surface area contributed by atoms with Crippen LogP contribution in [0.25, 0.3) is 0 Å². The van der Waals surface area contributed by atoms with Crippen LogP contribution in [0, 0.1) is 6.92 Å². The highest BCUT2D eigenvalue weighted by atomic mass is 79.9. The fourth-order valence-corrected chi connectivity index (χ4v) is 4.68. The maximum absolute atomic E-state index is 13.7. The molecule has 0 spiro atoms. The average molecular weight is 553 g/mol. The van der Waals surface area contributed by atoms with Gasteiger partial charge >= 0.3 is 0 Å². The number of nitrogens with zero attached hydrogens (tertiary/aromatic N) is 2. The number of carbonyl (C=O) groups is 2. The van der Waals surface area contributed by atoms with Gasteiger partial charge < -0.3 is 10.2 Å². The molecular weight excluding hydrogens is 518 g/mol. The van der Waals surface area contributed by atoms with Gasteiger partial charge in [-0.25, -0.2) is 8.42 Å². The minimum Gasteiger partial charge on any atom is -0.350 e. The van der Waals surface area contributed by atoms with E-state index in [0.29, 0.717) is 12.1 Å². The van der Waals surface area contributed by atoms with Crippen LogP contribution in [-0.4, -0.2) is 49.5 Å². The zero-order valence-electron chi connectivity index (χ0n) is 20.6. The van der Waals surface area contributed by atoms with Crippen molar-refractivity contribution in [3.8, 4) is 0 Å². The van der Waals surface area contributed by atoms with Gasteiger partial charge in [0.1, 0.15) is 12.6 Å². The van der Waals surface area contributed by atoms with E-state index in [9.17, 15) is 18.0 Å². The number of sulfonamides is 1. The molecule has 2 rings (SSSR count). The summed E-state index contributed by atoms with van der Waals surface area (Å²) in [6.07, 6.45) is 1.45. The first-order valence-corrected chi connectivity index (χ1v) is 13.8. The van der Waals surface area contributed by atoms with E-state index >= 15 is 0 Å². The van der Waals surface area contributed by atoms with Crippen molar-refractivity contribution in [2.24, 2.45) is 0 Å². The molecule has 0 fully saturated rings. The molecule has 9 heteroatoms. The van der Waals surface area contributed by atoms with Gasteiger partial charge in [0.2, 0.25) is 21.8 Å². The summed E-state index contributed by atoms with van der Waals surface area (Å²) in [5, 5.41) is 2.96. The van der Waals surface area contributed by atoms with Gasteiger partial charge in [-0.15, -0.1) is 0 Å². The Labute approximate surface area is 211 Å². The topological polar surface area (TPSA) is 86.8 Å². The predicted octanol–water partition coefficient (Wildman–Crippen LogP) is 4.25. The van der Waals surface area contributed by atoms with E-state index in [0.717, 1.165) is 26.2 Å². The summed E-state index contributed by atoms with van der Waals surface area (Å²) in [5.74, 6) is -0.723. The van der Waals surface area contributed by atoms with Crippen LogP contribution in [-0.2, 0) is 26.2 Å². The predicted molar refractivity (Wildman–Crippen MR) is 140 cm³/mol. The van der Waals surface area contributed by atoms with Crippen LogP contribution in [0.1, 0.15) is 45.2 Å². The van der Waals surface area contributed by atoms with Gasteiger partial charge in [0.15, 0.2) is 0 Å². The van der Waals surface area contributed by atoms with Gasteiger partial charge in [-0.05, 0) is 69.5 Å². The molecule has 0 aromatic heterocycles. The summed E-state index contributed by atoms with van der Waals surface area (Å²) in [6.45, 7) is 9.20. The SMILES string of the molecule is CC[C@H](C(=O)NC(C)(C)C)N(Cc1ccccc1C)C(=O)CN(c1ccc(Br)cc1)S(C)(=O)=O. The van der Waals surface area contributed by atoms with Crippen molar-refractivity contribution in [2.45, 2.75) is 59.2 Å². The first-order valence-electron chi connectivity index (χ1n) is 11.1. The third-order valence-electron chi connectivity index (χ3n) is 5.28. The van der Waals surface area contributed by atoms with E-state index in [1.54, 1.807) is 24.3 Å². The Morgan fingerprint density at radius 2 is 1.65 bits per heavy atom. The molecule has 186 valence electrons. The van der Waals surface area contributed by atoms with Crippen LogP contribution in [0.5, 0.6) is 0 Å². The van der Waals surface area contributed by atoms with Gasteiger partial charge in [-0.2, -0.15) is 0 Å². The molecule has 0 unspecified atom stereocenters. The molecular formula is C25H34BrN3O4S. The minimum atomic E-state index is -3.75. The molecule has 0 aliphatic rings. The van der Waals surface area contributed by atoms with E-state index in [2.05, 4.69) is 21.2 Å². The van der Waals surface area contributed by atoms with Crippen LogP contribution < -0.4 is 9.62 Å². The maximum Gasteiger partial charge on any atom is 0.244 e. The highest BCUT2D eigenvalue weighted by molar-refractivity contribution is 9.10. The third kappa shape index (κ3) is 7.84. The molecule has 2 amide bonds. The average Bonchev–Trinajstić information content (AvgIpc) is 2.71. The van der Waals surface area contributed by atoms with Crippen LogP contribution >= 0.6 is 15.9 Å². The lowest BCUT2D eigenvalue weighted by Crippen LogP contribution is -2.55. The van der Waals surface area contributed by atoms with Gasteiger partial charge in [-0.1, -0.05) is 47.1 Å². The Hall–Kier alpha value is -2.39. The second-order valence-corrected chi connectivity index (χ2v) is 12.2. The zero-order valence-corrected chi connectivity index (χ0v) is 23.0. The summed E-state index contributed by atoms with van der Waals surface area (Å²) < 4.78 is 27.1. The Morgan fingerprint density at radius 3 is 2.15 bits per heavy atom. The largest absolute Gasteiger partial charge is 0.350 e. The standard InChI is InChI=1S/C25H34BrN3O4S/c1-7-22(24(31)27-25(3,4)5)28(16-19-11-9-8-10-18(19)2)23(30)17-29(34(6,32)33)21-14-12-20(26)13-15-21/h8-15,22H,7,16-17H2,1-6H3,(H,27,31)/t22-/m1/s1. The summed E-state index contributed by atoms with van der Waals surface area (Å²) in [7, 11) is -3.75. The quantitative estimate of drug-likeness (QED) is 0.504. The second kappa shape index (κ2) is 11.4. The summed E-state index contributed by atoms with van der Waals surface area (Å²) >= 11 is 3.34. The summed E-state index contributed by atoms with van der Waals surface area (Å²) in [6, 6.07) is 13.6. The number of nitrogens with one attached hydrogen (secondary N) is 1. The minimum absolute atomic E-state index is 0.194. The first kappa shape index (κ1) is 27.9. The number of halogens is 1. The molecule has 2 aromatic carbocycles. The number of anilines is 1. The zero-order chi connectivity index (χ0) is 25.7. The Balaban J connectivity index is 2.46. The molecule has 34 heavy (non-hydrogen) atoms. The van der Waals surface area contributed by atoms with Crippen molar-refractivity contribution in [3.63, 3.8) is 0 Å². The van der Waals surface area contributed by atoms with Crippen LogP contribution in [0.15, 0.2) is 53.0 Å². The smallest absolute Gasteiger partial charge is 0.244 e. The number of hydrogen-bond donors (Lipinski definition) is 1. The Morgan fingerprint density at radius 1 is 1.06 bits per heavy atom. The van der Waals surface area contributed by atoms with Crippen molar-refractivity contribution >= 4 is 43.5 Å². The molecule has 1 atom stereocenters. The van der Waals surface area contributed by atoms with E-state index in [4.69, 9.17) is 0 Å². The lowest BCUT2D eigenvalue weighted by atomic mass is 10.0. The lowest BCUT2D eigenvalue weighted by molar-refractivity contribution is -0.141. The number of carbonyl (C=O) groups excluding carboxylic acids is 2. The van der Waals surface area contributed by atoms with Crippen molar-refractivity contribution in [3.05, 3.63) is 64.1 Å². The van der Waals surface area contributed by atoms with Gasteiger partial charge in [0, 0.05) is 16.6 Å². The molecule has 0 aliphatic carbocycles. The second-order valence-electron chi connectivity index (χ2n) is 9.36. The van der Waals surface area contributed by atoms with Crippen molar-refractivity contribution in [2.75, 3.05) is 17.1 Å². The Bertz CT molecular complexity index is 1110. The number of benzene rings is 2. The monoisotopic (exact) mass is 551 g/mol. The number of rotatable bonds is 9. The Kier molecular flexibility index (Phi) is 9.30. The van der Waals surface area contributed by atoms with Crippen LogP contribution in [0.2, 0.25) is 0 Å². The molecule has 7 nitrogen and oxygen atoms in total. The number of aryl methyl sites for hydroxylation is 1. The fourth-order valence-electron chi connectivity index (χ4n) is 3.56. The van der Waals surface area contributed by atoms with E-state index < -0.39 is 34.1 Å². The molecule has 2 aromatic rings. The van der Waals surface area contributed by atoms with Gasteiger partial charge in [0.05, 0.1) is 11.9 Å². The van der Waals surface area contributed by atoms with E-state index in [-0.39, 0.29) is 12.5 Å². The summed E-state index contributed by atoms with van der Waals surface area (Å²) in [4.78, 5) is 28.3. The fraction of sp³-hybridized carbons (Fsp3) is 0.440. The molecule has 0 saturated heterocycles. The van der Waals surface area contributed by atoms with Crippen molar-refractivity contribution in [1.82, 2.24) is 10.2 Å². The molecule has 0 radical (unpaired) electrons. The van der Waals surface area contributed by atoms with Gasteiger partial charge in [-0.3, -0.25) is 13.9 Å². The first-order chi connectivity index (χ1) is 15.7. The van der Waals surface area contributed by atoms with E-state index in [1.807, 2.05) is 58.9 Å². The van der Waals surface area contributed by atoms with Gasteiger partial charge in [0.25, 0.3) is 0 Å². The maximum atomic E-state index is 13.7. The molecule has 0 aliphatic heterocycles. The lowest BCUT2D eigenvalue weighted by Gasteiger charge is -2.34. The molecule has 0 saturated carbocycles. The van der Waals surface area contributed by atoms with E-state index in [1.165, 1.54) is 4.90 Å². The normalized spacial score (nSPS) is 12.7. The third-order valence-corrected chi connectivity index (χ3v) is 6.95. The van der Waals surface area contributed by atoms with Crippen molar-refractivity contribution < 1.29 is 18.0 Å². The van der Waals surface area contributed by atoms with Crippen LogP contribution in [0.3, 0.4) is 0 Å².